The molecule has 3 nitrogen and oxygen atoms in total. The van der Waals surface area contributed by atoms with Crippen LogP contribution in [0.5, 0.6) is 0 Å². The number of halogens is 3. The van der Waals surface area contributed by atoms with E-state index in [-0.39, 0.29) is 5.82 Å². The predicted octanol–water partition coefficient (Wildman–Crippen LogP) is 4.53. The first-order valence-electron chi connectivity index (χ1n) is 6.40. The van der Waals surface area contributed by atoms with Gasteiger partial charge < -0.3 is 4.57 Å². The topological polar surface area (TPSA) is 30.7 Å². The summed E-state index contributed by atoms with van der Waals surface area (Å²) in [6.45, 7) is 2.65. The lowest BCUT2D eigenvalue weighted by Gasteiger charge is -2.06. The molecule has 0 spiro atoms. The van der Waals surface area contributed by atoms with Gasteiger partial charge in [-0.3, -0.25) is 0 Å². The Balaban J connectivity index is 2.12. The first-order chi connectivity index (χ1) is 10.1. The molecule has 0 saturated carbocycles. The molecule has 2 aromatic heterocycles. The van der Waals surface area contributed by atoms with Crippen molar-refractivity contribution in [3.05, 3.63) is 44.3 Å². The van der Waals surface area contributed by atoms with Crippen molar-refractivity contribution in [2.75, 3.05) is 5.88 Å². The van der Waals surface area contributed by atoms with Crippen molar-refractivity contribution in [1.82, 2.24) is 14.5 Å². The van der Waals surface area contributed by atoms with Crippen LogP contribution in [-0.4, -0.2) is 20.4 Å². The summed E-state index contributed by atoms with van der Waals surface area (Å²) in [5.41, 5.74) is 1.53. The van der Waals surface area contributed by atoms with Crippen molar-refractivity contribution in [2.24, 2.45) is 0 Å². The van der Waals surface area contributed by atoms with Crippen molar-refractivity contribution < 1.29 is 4.39 Å². The van der Waals surface area contributed by atoms with Crippen LogP contribution in [0, 0.1) is 12.7 Å². The number of alkyl halides is 1. The third kappa shape index (κ3) is 2.98. The zero-order chi connectivity index (χ0) is 15.0. The van der Waals surface area contributed by atoms with Gasteiger partial charge in [0.2, 0.25) is 0 Å². The van der Waals surface area contributed by atoms with Crippen LogP contribution in [0.1, 0.15) is 15.7 Å². The van der Waals surface area contributed by atoms with Gasteiger partial charge in [-0.15, -0.1) is 22.9 Å². The Labute approximate surface area is 138 Å². The molecule has 0 N–H and O–H groups in total. The normalized spacial score (nSPS) is 11.4. The van der Waals surface area contributed by atoms with Gasteiger partial charge in [0.15, 0.2) is 0 Å². The molecule has 0 bridgehead atoms. The zero-order valence-corrected chi connectivity index (χ0v) is 14.4. The Bertz CT molecular complexity index is 799. The van der Waals surface area contributed by atoms with E-state index in [1.54, 1.807) is 17.4 Å². The summed E-state index contributed by atoms with van der Waals surface area (Å²) < 4.78 is 16.2. The fourth-order valence-electron chi connectivity index (χ4n) is 2.23. The minimum absolute atomic E-state index is 0.310. The van der Waals surface area contributed by atoms with Gasteiger partial charge in [0.05, 0.1) is 22.1 Å². The van der Waals surface area contributed by atoms with Crippen LogP contribution in [0.3, 0.4) is 0 Å². The van der Waals surface area contributed by atoms with Gasteiger partial charge in [0.1, 0.15) is 16.6 Å². The lowest BCUT2D eigenvalue weighted by Crippen LogP contribution is -2.05. The van der Waals surface area contributed by atoms with Crippen molar-refractivity contribution in [3.63, 3.8) is 0 Å². The number of hydrogen-bond donors (Lipinski definition) is 0. The lowest BCUT2D eigenvalue weighted by molar-refractivity contribution is 0.622. The molecule has 21 heavy (non-hydrogen) atoms. The van der Waals surface area contributed by atoms with E-state index >= 15 is 0 Å². The Kier molecular flexibility index (Phi) is 4.28. The van der Waals surface area contributed by atoms with Gasteiger partial charge in [-0.2, -0.15) is 0 Å². The van der Waals surface area contributed by atoms with E-state index in [1.807, 2.05) is 13.1 Å². The molecule has 0 aliphatic rings. The average molecular weight is 389 g/mol. The number of benzene rings is 1. The molecule has 0 unspecified atom stereocenters. The molecule has 0 radical (unpaired) electrons. The van der Waals surface area contributed by atoms with Gasteiger partial charge in [-0.1, -0.05) is 0 Å². The number of imidazole rings is 1. The molecule has 0 fully saturated rings. The number of hydrogen-bond acceptors (Lipinski definition) is 3. The molecule has 0 saturated heterocycles. The number of rotatable bonds is 4. The standard InChI is InChI=1S/C14H12BrClFN3S/c1-8-6-18-14(21-8)7-20-12-4-9(15)10(17)5-11(12)19-13(20)2-3-16/h4-6H,2-3,7H2,1H3. The van der Waals surface area contributed by atoms with Gasteiger partial charge in [-0.05, 0) is 28.9 Å². The fraction of sp³-hybridized carbons (Fsp3) is 0.286. The molecule has 0 aliphatic carbocycles. The second kappa shape index (κ2) is 6.02. The molecule has 3 rings (SSSR count). The highest BCUT2D eigenvalue weighted by atomic mass is 79.9. The highest BCUT2D eigenvalue weighted by molar-refractivity contribution is 9.10. The minimum atomic E-state index is -0.310. The smallest absolute Gasteiger partial charge is 0.139 e. The van der Waals surface area contributed by atoms with E-state index in [9.17, 15) is 4.39 Å². The summed E-state index contributed by atoms with van der Waals surface area (Å²) in [7, 11) is 0. The maximum absolute atomic E-state index is 13.7. The van der Waals surface area contributed by atoms with Gasteiger partial charge in [-0.25, -0.2) is 14.4 Å². The molecule has 0 aliphatic heterocycles. The van der Waals surface area contributed by atoms with Gasteiger partial charge in [0, 0.05) is 29.4 Å². The van der Waals surface area contributed by atoms with E-state index in [0.29, 0.717) is 28.8 Å². The number of aryl methyl sites for hydroxylation is 2. The second-order valence-electron chi connectivity index (χ2n) is 4.67. The minimum Gasteiger partial charge on any atom is -0.321 e. The van der Waals surface area contributed by atoms with Crippen LogP contribution in [0.15, 0.2) is 22.8 Å². The molecular formula is C14H12BrClFN3S. The van der Waals surface area contributed by atoms with Crippen molar-refractivity contribution in [3.8, 4) is 0 Å². The van der Waals surface area contributed by atoms with E-state index in [4.69, 9.17) is 11.6 Å². The zero-order valence-electron chi connectivity index (χ0n) is 11.2. The molecule has 2 heterocycles. The Morgan fingerprint density at radius 2 is 2.24 bits per heavy atom. The molecule has 1 aromatic carbocycles. The number of aromatic nitrogens is 3. The Hall–Kier alpha value is -0.980. The molecule has 3 aromatic rings. The summed E-state index contributed by atoms with van der Waals surface area (Å²) in [5, 5.41) is 1.00. The maximum Gasteiger partial charge on any atom is 0.139 e. The highest BCUT2D eigenvalue weighted by Crippen LogP contribution is 2.26. The number of fused-ring (bicyclic) bond motifs is 1. The second-order valence-corrected chi connectivity index (χ2v) is 7.22. The average Bonchev–Trinajstić information content (AvgIpc) is 2.97. The fourth-order valence-corrected chi connectivity index (χ4v) is 3.51. The van der Waals surface area contributed by atoms with Gasteiger partial charge in [0.25, 0.3) is 0 Å². The summed E-state index contributed by atoms with van der Waals surface area (Å²) >= 11 is 10.7. The van der Waals surface area contributed by atoms with E-state index in [1.165, 1.54) is 10.9 Å². The molecule has 7 heteroatoms. The molecule has 110 valence electrons. The van der Waals surface area contributed by atoms with Crippen LogP contribution >= 0.6 is 38.9 Å². The Morgan fingerprint density at radius 3 is 2.90 bits per heavy atom. The van der Waals surface area contributed by atoms with Crippen LogP contribution in [0.4, 0.5) is 4.39 Å². The van der Waals surface area contributed by atoms with Gasteiger partial charge >= 0.3 is 0 Å². The summed E-state index contributed by atoms with van der Waals surface area (Å²) in [5.74, 6) is 1.02. The monoisotopic (exact) mass is 387 g/mol. The summed E-state index contributed by atoms with van der Waals surface area (Å²) in [6, 6.07) is 3.20. The molecule has 0 amide bonds. The lowest BCUT2D eigenvalue weighted by atomic mass is 10.3. The number of thiazole rings is 1. The molecular weight excluding hydrogens is 377 g/mol. The summed E-state index contributed by atoms with van der Waals surface area (Å²) in [6.07, 6.45) is 2.50. The SMILES string of the molecule is Cc1cnc(Cn2c(CCCl)nc3cc(F)c(Br)cc32)s1. The summed E-state index contributed by atoms with van der Waals surface area (Å²) in [4.78, 5) is 10.1. The van der Waals surface area contributed by atoms with Crippen LogP contribution in [-0.2, 0) is 13.0 Å². The van der Waals surface area contributed by atoms with Crippen LogP contribution < -0.4 is 0 Å². The third-order valence-electron chi connectivity index (χ3n) is 3.15. The third-order valence-corrected chi connectivity index (χ3v) is 4.84. The first-order valence-corrected chi connectivity index (χ1v) is 8.54. The predicted molar refractivity (Wildman–Crippen MR) is 87.8 cm³/mol. The number of nitrogens with zero attached hydrogens (tertiary/aromatic N) is 3. The first kappa shape index (κ1) is 14.9. The maximum atomic E-state index is 13.7. The van der Waals surface area contributed by atoms with Crippen LogP contribution in [0.2, 0.25) is 0 Å². The molecule has 0 atom stereocenters. The highest BCUT2D eigenvalue weighted by Gasteiger charge is 2.14. The quantitative estimate of drug-likeness (QED) is 0.615. The van der Waals surface area contributed by atoms with Crippen molar-refractivity contribution >= 4 is 49.9 Å². The van der Waals surface area contributed by atoms with Crippen molar-refractivity contribution in [1.29, 1.82) is 0 Å². The largest absolute Gasteiger partial charge is 0.321 e. The van der Waals surface area contributed by atoms with Crippen LogP contribution in [0.25, 0.3) is 11.0 Å². The van der Waals surface area contributed by atoms with E-state index < -0.39 is 0 Å². The van der Waals surface area contributed by atoms with E-state index in [0.717, 1.165) is 16.3 Å². The Morgan fingerprint density at radius 1 is 1.43 bits per heavy atom. The van der Waals surface area contributed by atoms with E-state index in [2.05, 4.69) is 30.5 Å². The van der Waals surface area contributed by atoms with Crippen molar-refractivity contribution in [2.45, 2.75) is 19.9 Å².